The summed E-state index contributed by atoms with van der Waals surface area (Å²) in [5.41, 5.74) is 8.68. The van der Waals surface area contributed by atoms with E-state index in [4.69, 9.17) is 15.9 Å². The zero-order chi connectivity index (χ0) is 22.4. The molecule has 0 bridgehead atoms. The van der Waals surface area contributed by atoms with Crippen LogP contribution in [0.3, 0.4) is 0 Å². The van der Waals surface area contributed by atoms with Crippen molar-refractivity contribution >= 4 is 50.9 Å². The number of halogens is 1. The minimum absolute atomic E-state index is 0.118. The van der Waals surface area contributed by atoms with Gasteiger partial charge in [-0.1, -0.05) is 24.3 Å². The standard InChI is InChI=1S/C20H16FN5OS.CHNO/c1-11-16(17-18(22)23-10-24-19(17)28-11)12-6-8-13(9-7-12)25-20(27)26-15-5-3-2-4-14(15)21;2-1-3/h2-10H,1H3,(H2,22,23,24)(H2,25,26,27);2H. The maximum atomic E-state index is 13.6. The van der Waals surface area contributed by atoms with Crippen LogP contribution in [-0.2, 0) is 4.79 Å². The molecule has 2 aromatic heterocycles. The number of carbonyl (C=O) groups excluding carboxylic acids is 2. The van der Waals surface area contributed by atoms with Crippen molar-refractivity contribution in [3.8, 4) is 11.1 Å². The number of fused-ring (bicyclic) bond motifs is 1. The summed E-state index contributed by atoms with van der Waals surface area (Å²) in [4.78, 5) is 30.7. The zero-order valence-electron chi connectivity index (χ0n) is 16.3. The first-order chi connectivity index (χ1) is 14.9. The van der Waals surface area contributed by atoms with Gasteiger partial charge in [0.2, 0.25) is 6.08 Å². The molecule has 8 nitrogen and oxygen atoms in total. The number of nitrogens with one attached hydrogen (secondary N) is 3. The molecule has 0 atom stereocenters. The molecular formula is C21H17FN6O2S. The lowest BCUT2D eigenvalue weighted by Gasteiger charge is -2.09. The fourth-order valence-corrected chi connectivity index (χ4v) is 4.00. The number of nitrogen functional groups attached to an aromatic ring is 1. The largest absolute Gasteiger partial charge is 0.383 e. The molecule has 5 N–H and O–H groups in total. The lowest BCUT2D eigenvalue weighted by atomic mass is 10.0. The third-order valence-electron chi connectivity index (χ3n) is 4.25. The van der Waals surface area contributed by atoms with Crippen LogP contribution in [0.4, 0.5) is 26.4 Å². The molecule has 0 aliphatic rings. The highest BCUT2D eigenvalue weighted by Gasteiger charge is 2.15. The second kappa shape index (κ2) is 9.57. The summed E-state index contributed by atoms with van der Waals surface area (Å²) in [6.07, 6.45) is 2.21. The van der Waals surface area contributed by atoms with Gasteiger partial charge in [0.25, 0.3) is 0 Å². The van der Waals surface area contributed by atoms with E-state index in [9.17, 15) is 9.18 Å². The quantitative estimate of drug-likeness (QED) is 0.267. The van der Waals surface area contributed by atoms with Gasteiger partial charge in [0.15, 0.2) is 0 Å². The van der Waals surface area contributed by atoms with E-state index in [0.717, 1.165) is 32.3 Å². The number of hydrogen-bond acceptors (Lipinski definition) is 7. The number of amides is 2. The number of aromatic nitrogens is 2. The molecule has 4 aromatic rings. The molecule has 0 radical (unpaired) electrons. The fraction of sp³-hybridized carbons (Fsp3) is 0.0476. The average Bonchev–Trinajstić information content (AvgIpc) is 3.08. The molecule has 0 aliphatic carbocycles. The van der Waals surface area contributed by atoms with E-state index in [0.29, 0.717) is 11.5 Å². The summed E-state index contributed by atoms with van der Waals surface area (Å²) >= 11 is 1.56. The van der Waals surface area contributed by atoms with Gasteiger partial charge in [-0.05, 0) is 36.8 Å². The Balaban J connectivity index is 0.000000858. The summed E-state index contributed by atoms with van der Waals surface area (Å²) in [5.74, 6) is -0.0524. The number of para-hydroxylation sites is 1. The van der Waals surface area contributed by atoms with Crippen LogP contribution in [0.1, 0.15) is 4.88 Å². The van der Waals surface area contributed by atoms with Crippen LogP contribution in [0.25, 0.3) is 21.3 Å². The van der Waals surface area contributed by atoms with E-state index >= 15 is 0 Å². The van der Waals surface area contributed by atoms with Crippen LogP contribution in [0, 0.1) is 18.2 Å². The van der Waals surface area contributed by atoms with E-state index in [1.807, 2.05) is 19.1 Å². The summed E-state index contributed by atoms with van der Waals surface area (Å²) in [7, 11) is 0. The van der Waals surface area contributed by atoms with Crippen molar-refractivity contribution in [2.45, 2.75) is 6.92 Å². The normalized spacial score (nSPS) is 10.0. The summed E-state index contributed by atoms with van der Waals surface area (Å²) < 4.78 is 13.6. The monoisotopic (exact) mass is 436 g/mol. The number of anilines is 3. The summed E-state index contributed by atoms with van der Waals surface area (Å²) in [5, 5.41) is 11.4. The SMILES string of the molecule is Cc1sc2ncnc(N)c2c1-c1ccc(NC(=O)Nc2ccccc2F)cc1.N=C=O. The Kier molecular flexibility index (Phi) is 6.66. The first kappa shape index (κ1) is 21.6. The van der Waals surface area contributed by atoms with Gasteiger partial charge in [-0.2, -0.15) is 0 Å². The van der Waals surface area contributed by atoms with Crippen LogP contribution in [0.15, 0.2) is 54.9 Å². The number of urea groups is 1. The Labute approximate surface area is 180 Å². The van der Waals surface area contributed by atoms with Crippen molar-refractivity contribution in [1.29, 1.82) is 5.41 Å². The molecule has 31 heavy (non-hydrogen) atoms. The number of isocyanates is 1. The van der Waals surface area contributed by atoms with E-state index in [1.54, 1.807) is 35.6 Å². The third kappa shape index (κ3) is 4.89. The number of carbonyl (C=O) groups is 1. The Morgan fingerprint density at radius 1 is 1.13 bits per heavy atom. The highest BCUT2D eigenvalue weighted by Crippen LogP contribution is 2.39. The molecule has 0 aliphatic heterocycles. The van der Waals surface area contributed by atoms with Crippen LogP contribution in [0.2, 0.25) is 0 Å². The first-order valence-corrected chi connectivity index (χ1v) is 9.72. The van der Waals surface area contributed by atoms with Crippen molar-refractivity contribution in [2.24, 2.45) is 0 Å². The van der Waals surface area contributed by atoms with E-state index < -0.39 is 11.8 Å². The average molecular weight is 436 g/mol. The van der Waals surface area contributed by atoms with Crippen molar-refractivity contribution in [3.63, 3.8) is 0 Å². The van der Waals surface area contributed by atoms with Gasteiger partial charge in [0, 0.05) is 16.1 Å². The maximum Gasteiger partial charge on any atom is 0.323 e. The number of thiophene rings is 1. The predicted octanol–water partition coefficient (Wildman–Crippen LogP) is 4.93. The molecule has 0 spiro atoms. The molecule has 156 valence electrons. The maximum absolute atomic E-state index is 13.6. The van der Waals surface area contributed by atoms with E-state index in [1.165, 1.54) is 18.5 Å². The number of nitrogens with zero attached hydrogens (tertiary/aromatic N) is 2. The van der Waals surface area contributed by atoms with Crippen LogP contribution in [-0.4, -0.2) is 22.1 Å². The van der Waals surface area contributed by atoms with Crippen molar-refractivity contribution < 1.29 is 14.0 Å². The zero-order valence-corrected chi connectivity index (χ0v) is 17.1. The number of nitrogens with two attached hydrogens (primary N) is 1. The molecule has 0 saturated heterocycles. The van der Waals surface area contributed by atoms with E-state index in [-0.39, 0.29) is 5.69 Å². The van der Waals surface area contributed by atoms with Gasteiger partial charge in [-0.3, -0.25) is 0 Å². The van der Waals surface area contributed by atoms with Crippen LogP contribution >= 0.6 is 11.3 Å². The minimum atomic E-state index is -0.521. The molecule has 2 amide bonds. The fourth-order valence-electron chi connectivity index (χ4n) is 2.98. The molecule has 0 fully saturated rings. The van der Waals surface area contributed by atoms with Crippen LogP contribution < -0.4 is 16.4 Å². The number of hydrogen-bond donors (Lipinski definition) is 4. The first-order valence-electron chi connectivity index (χ1n) is 8.91. The molecule has 10 heteroatoms. The molecular weight excluding hydrogens is 419 g/mol. The third-order valence-corrected chi connectivity index (χ3v) is 5.26. The smallest absolute Gasteiger partial charge is 0.323 e. The summed E-state index contributed by atoms with van der Waals surface area (Å²) in [6.45, 7) is 2.01. The minimum Gasteiger partial charge on any atom is -0.383 e. The number of aryl methyl sites for hydroxylation is 1. The molecule has 0 unspecified atom stereocenters. The Bertz CT molecular complexity index is 1270. The number of benzene rings is 2. The molecule has 2 heterocycles. The Hall–Kier alpha value is -4.14. The van der Waals surface area contributed by atoms with Gasteiger partial charge in [-0.25, -0.2) is 29.4 Å². The summed E-state index contributed by atoms with van der Waals surface area (Å²) in [6, 6.07) is 12.8. The molecule has 2 aromatic carbocycles. The van der Waals surface area contributed by atoms with E-state index in [2.05, 4.69) is 20.6 Å². The van der Waals surface area contributed by atoms with Gasteiger partial charge in [0.1, 0.15) is 22.8 Å². The Morgan fingerprint density at radius 2 is 1.81 bits per heavy atom. The highest BCUT2D eigenvalue weighted by atomic mass is 32.1. The van der Waals surface area contributed by atoms with Gasteiger partial charge >= 0.3 is 6.03 Å². The topological polar surface area (TPSA) is 134 Å². The molecule has 0 saturated carbocycles. The second-order valence-electron chi connectivity index (χ2n) is 6.21. The van der Waals surface area contributed by atoms with Gasteiger partial charge in [0.05, 0.1) is 11.1 Å². The lowest BCUT2D eigenvalue weighted by molar-refractivity contribution is 0.262. The Morgan fingerprint density at radius 3 is 2.48 bits per heavy atom. The van der Waals surface area contributed by atoms with Gasteiger partial charge in [-0.15, -0.1) is 11.3 Å². The van der Waals surface area contributed by atoms with Crippen molar-refractivity contribution in [3.05, 3.63) is 65.6 Å². The predicted molar refractivity (Wildman–Crippen MR) is 119 cm³/mol. The van der Waals surface area contributed by atoms with Crippen LogP contribution in [0.5, 0.6) is 0 Å². The molecule has 4 rings (SSSR count). The van der Waals surface area contributed by atoms with Gasteiger partial charge < -0.3 is 16.4 Å². The van der Waals surface area contributed by atoms with Crippen molar-refractivity contribution in [1.82, 2.24) is 9.97 Å². The number of rotatable bonds is 3. The van der Waals surface area contributed by atoms with Crippen molar-refractivity contribution in [2.75, 3.05) is 16.4 Å². The highest BCUT2D eigenvalue weighted by molar-refractivity contribution is 7.19. The lowest BCUT2D eigenvalue weighted by Crippen LogP contribution is -2.20. The second-order valence-corrected chi connectivity index (χ2v) is 7.41.